The van der Waals surface area contributed by atoms with Crippen LogP contribution < -0.4 is 10.6 Å². The largest absolute Gasteiger partial charge is 0.394 e. The number of carbonyl (C=O) groups is 2. The van der Waals surface area contributed by atoms with Gasteiger partial charge >= 0.3 is 0 Å². The maximum atomic E-state index is 14.3. The predicted molar refractivity (Wildman–Crippen MR) is 210 cm³/mol. The summed E-state index contributed by atoms with van der Waals surface area (Å²) in [5, 5.41) is 30.5. The van der Waals surface area contributed by atoms with E-state index < -0.39 is 24.2 Å². The average molecular weight is 814 g/mol. The molecular weight excluding hydrogens is 744 g/mol. The van der Waals surface area contributed by atoms with Crippen molar-refractivity contribution in [3.63, 3.8) is 0 Å². The number of nitrogens with one attached hydrogen (secondary N) is 2. The third kappa shape index (κ3) is 8.59. The number of aliphatic hydroxyl groups excluding tert-OH is 2. The van der Waals surface area contributed by atoms with Gasteiger partial charge < -0.3 is 30.5 Å². The molecule has 7 rings (SSSR count). The predicted octanol–water partition coefficient (Wildman–Crippen LogP) is 5.05. The zero-order valence-electron chi connectivity index (χ0n) is 32.8. The number of fused-ring (bicyclic) bond motifs is 2. The van der Waals surface area contributed by atoms with Crippen LogP contribution >= 0.6 is 27.7 Å². The van der Waals surface area contributed by atoms with Gasteiger partial charge in [0.1, 0.15) is 12.1 Å². The molecule has 10 nitrogen and oxygen atoms in total. The molecule has 5 aliphatic carbocycles. The van der Waals surface area contributed by atoms with E-state index in [0.29, 0.717) is 57.0 Å². The van der Waals surface area contributed by atoms with Gasteiger partial charge in [-0.05, 0) is 120 Å². The van der Waals surface area contributed by atoms with Crippen molar-refractivity contribution >= 4 is 39.5 Å². The number of ether oxygens (including phenoxy) is 1. The van der Waals surface area contributed by atoms with Gasteiger partial charge in [-0.25, -0.2) is 0 Å². The SMILES string of the molecule is COC1C(CN2O[C@@H](CO)[C@H]([C@H](C)O)[C@H]2C(=O)N[C@H]2C[C@H]3C[C@@H]([C@@H]2C)C3(C)C)CCCC1C1CC(C(=O)NCCC2CCC(Br)S2)CC(N(C)C)C1. The Labute approximate surface area is 326 Å². The van der Waals surface area contributed by atoms with Crippen LogP contribution in [0, 0.1) is 52.8 Å². The van der Waals surface area contributed by atoms with Crippen LogP contribution in [0.4, 0.5) is 0 Å². The lowest BCUT2D eigenvalue weighted by Crippen LogP contribution is -2.62. The van der Waals surface area contributed by atoms with E-state index in [1.54, 1.807) is 12.0 Å². The number of carbonyl (C=O) groups excluding carboxylic acids is 2. The number of amides is 2. The lowest BCUT2D eigenvalue weighted by molar-refractivity contribution is -0.193. The summed E-state index contributed by atoms with van der Waals surface area (Å²) in [5.74, 6) is 1.89. The Hall–Kier alpha value is -0.470. The van der Waals surface area contributed by atoms with Gasteiger partial charge in [0, 0.05) is 55.3 Å². The summed E-state index contributed by atoms with van der Waals surface area (Å²) in [4.78, 5) is 36.6. The fourth-order valence-electron chi connectivity index (χ4n) is 11.8. The van der Waals surface area contributed by atoms with E-state index in [2.05, 4.69) is 66.3 Å². The summed E-state index contributed by atoms with van der Waals surface area (Å²) < 4.78 is 6.94. The summed E-state index contributed by atoms with van der Waals surface area (Å²) in [6.45, 7) is 9.69. The van der Waals surface area contributed by atoms with Gasteiger partial charge in [-0.3, -0.25) is 14.4 Å². The number of alkyl halides is 1. The van der Waals surface area contributed by atoms with Crippen molar-refractivity contribution in [1.29, 1.82) is 0 Å². The Bertz CT molecular complexity index is 1230. The Balaban J connectivity index is 1.13. The number of thioether (sulfide) groups is 1. The molecule has 4 N–H and O–H groups in total. The first-order valence-electron chi connectivity index (χ1n) is 20.5. The number of hydroxylamine groups is 2. The van der Waals surface area contributed by atoms with Gasteiger partial charge in [0.25, 0.3) is 0 Å². The normalized spacial score (nSPS) is 43.9. The highest BCUT2D eigenvalue weighted by atomic mass is 79.9. The van der Waals surface area contributed by atoms with Gasteiger partial charge in [0.15, 0.2) is 0 Å². The Morgan fingerprint density at radius 3 is 2.48 bits per heavy atom. The van der Waals surface area contributed by atoms with Gasteiger partial charge in [0.2, 0.25) is 11.8 Å². The molecule has 12 heteroatoms. The van der Waals surface area contributed by atoms with Crippen molar-refractivity contribution in [1.82, 2.24) is 20.6 Å². The Kier molecular flexibility index (Phi) is 13.7. The van der Waals surface area contributed by atoms with E-state index in [4.69, 9.17) is 9.57 Å². The van der Waals surface area contributed by atoms with Crippen molar-refractivity contribution in [3.05, 3.63) is 0 Å². The minimum absolute atomic E-state index is 0.0184. The number of rotatable bonds is 13. The molecule has 2 heterocycles. The number of nitrogens with zero attached hydrogens (tertiary/aromatic N) is 2. The first-order valence-corrected chi connectivity index (χ1v) is 22.4. The minimum atomic E-state index is -0.821. The van der Waals surface area contributed by atoms with E-state index in [1.807, 2.05) is 18.9 Å². The molecule has 7 aliphatic rings. The van der Waals surface area contributed by atoms with E-state index in [0.717, 1.165) is 57.9 Å². The number of aliphatic hydroxyl groups is 2. The molecule has 2 aliphatic heterocycles. The van der Waals surface area contributed by atoms with Gasteiger partial charge in [-0.15, -0.1) is 11.8 Å². The van der Waals surface area contributed by atoms with Gasteiger partial charge in [-0.1, -0.05) is 43.1 Å². The quantitative estimate of drug-likeness (QED) is 0.190. The summed E-state index contributed by atoms with van der Waals surface area (Å²) >= 11 is 5.72. The maximum absolute atomic E-state index is 14.3. The second-order valence-electron chi connectivity index (χ2n) is 18.4. The summed E-state index contributed by atoms with van der Waals surface area (Å²) in [7, 11) is 6.08. The monoisotopic (exact) mass is 812 g/mol. The van der Waals surface area contributed by atoms with Crippen LogP contribution in [0.5, 0.6) is 0 Å². The molecule has 0 aromatic rings. The molecule has 16 atom stereocenters. The van der Waals surface area contributed by atoms with Crippen LogP contribution in [-0.4, -0.2) is 119 Å². The van der Waals surface area contributed by atoms with Crippen LogP contribution in [0.15, 0.2) is 0 Å². The first kappa shape index (κ1) is 41.2. The first-order chi connectivity index (χ1) is 24.7. The lowest BCUT2D eigenvalue weighted by atomic mass is 9.45. The fraction of sp³-hybridized carbons (Fsp3) is 0.950. The minimum Gasteiger partial charge on any atom is -0.394 e. The van der Waals surface area contributed by atoms with Crippen molar-refractivity contribution in [3.8, 4) is 0 Å². The summed E-state index contributed by atoms with van der Waals surface area (Å²) in [6, 6.07) is -0.265. The van der Waals surface area contributed by atoms with Crippen LogP contribution in [0.1, 0.15) is 98.3 Å². The molecule has 2 saturated heterocycles. The Morgan fingerprint density at radius 1 is 1.10 bits per heavy atom. The molecule has 2 amide bonds. The molecule has 298 valence electrons. The van der Waals surface area contributed by atoms with E-state index in [-0.39, 0.29) is 42.4 Å². The highest BCUT2D eigenvalue weighted by molar-refractivity contribution is 9.11. The Morgan fingerprint density at radius 2 is 1.87 bits per heavy atom. The van der Waals surface area contributed by atoms with Gasteiger partial charge in [-0.2, -0.15) is 5.06 Å². The third-order valence-electron chi connectivity index (χ3n) is 15.0. The second-order valence-corrected chi connectivity index (χ2v) is 21.6. The van der Waals surface area contributed by atoms with Crippen molar-refractivity contribution in [2.45, 2.75) is 144 Å². The molecule has 2 bridgehead atoms. The summed E-state index contributed by atoms with van der Waals surface area (Å²) in [6.07, 6.45) is 9.97. The molecule has 0 aromatic carbocycles. The number of hydrogen-bond acceptors (Lipinski definition) is 9. The lowest BCUT2D eigenvalue weighted by Gasteiger charge is -2.62. The maximum Gasteiger partial charge on any atom is 0.240 e. The average Bonchev–Trinajstić information content (AvgIpc) is 3.71. The fourth-order valence-corrected chi connectivity index (χ4v) is 14.2. The second kappa shape index (κ2) is 17.3. The number of hydrogen-bond donors (Lipinski definition) is 4. The molecule has 7 fully saturated rings. The van der Waals surface area contributed by atoms with Crippen molar-refractivity contribution in [2.75, 3.05) is 40.9 Å². The molecule has 0 aromatic heterocycles. The standard InChI is InChI=1S/C40H69BrN4O6S/c1-22-31-18-27(40(31,3)4)19-32(22)43-39(49)36-35(23(2)47)33(21-46)51-45(36)20-24-9-8-10-30(37(24)50-7)25-15-26(17-28(16-25)44(5)6)38(48)42-14-13-29-11-12-34(41)52-29/h22-37,46-47H,8-21H2,1-7H3,(H,42,48)(H,43,49)/t22-,23-,24?,25?,26?,27+,28?,29?,30?,31-,32-,33-,34?,35-,36-,37?/m0/s1. The van der Waals surface area contributed by atoms with E-state index in [9.17, 15) is 19.8 Å². The molecular formula is C40H69BrN4O6S. The van der Waals surface area contributed by atoms with Crippen LogP contribution in [0.2, 0.25) is 0 Å². The van der Waals surface area contributed by atoms with Crippen LogP contribution in [-0.2, 0) is 19.2 Å². The van der Waals surface area contributed by atoms with Crippen molar-refractivity contribution in [2.24, 2.45) is 52.8 Å². The highest BCUT2D eigenvalue weighted by Gasteiger charge is 2.58. The molecule has 5 saturated carbocycles. The smallest absolute Gasteiger partial charge is 0.240 e. The van der Waals surface area contributed by atoms with E-state index in [1.165, 1.54) is 19.3 Å². The summed E-state index contributed by atoms with van der Waals surface area (Å²) in [5.41, 5.74) is 0.320. The van der Waals surface area contributed by atoms with Crippen LogP contribution in [0.3, 0.4) is 0 Å². The molecule has 8 unspecified atom stereocenters. The highest BCUT2D eigenvalue weighted by Crippen LogP contribution is 2.61. The third-order valence-corrected chi connectivity index (χ3v) is 17.5. The van der Waals surface area contributed by atoms with E-state index >= 15 is 0 Å². The zero-order chi connectivity index (χ0) is 37.5. The number of halogens is 1. The molecule has 0 spiro atoms. The van der Waals surface area contributed by atoms with Gasteiger partial charge in [0.05, 0.1) is 23.0 Å². The van der Waals surface area contributed by atoms with Crippen LogP contribution in [0.25, 0.3) is 0 Å². The van der Waals surface area contributed by atoms with Crippen molar-refractivity contribution < 1.29 is 29.4 Å². The topological polar surface area (TPSA) is 124 Å². The zero-order valence-corrected chi connectivity index (χ0v) is 35.2. The molecule has 52 heavy (non-hydrogen) atoms. The molecule has 0 radical (unpaired) electrons. The number of methoxy groups -OCH3 is 1.